The predicted octanol–water partition coefficient (Wildman–Crippen LogP) is 1.80. The largest absolute Gasteiger partial charge is 0.458 e. The van der Waals surface area contributed by atoms with Crippen LogP contribution in [0.3, 0.4) is 0 Å². The third-order valence-electron chi connectivity index (χ3n) is 5.61. The first-order valence-electron chi connectivity index (χ1n) is 10.8. The van der Waals surface area contributed by atoms with Gasteiger partial charge in [-0.3, -0.25) is 4.79 Å². The van der Waals surface area contributed by atoms with E-state index >= 15 is 0 Å². The van der Waals surface area contributed by atoms with Gasteiger partial charge in [-0.2, -0.15) is 4.31 Å². The Morgan fingerprint density at radius 2 is 1.72 bits per heavy atom. The first-order chi connectivity index (χ1) is 15.3. The van der Waals surface area contributed by atoms with Crippen molar-refractivity contribution in [1.82, 2.24) is 19.2 Å². The van der Waals surface area contributed by atoms with Gasteiger partial charge in [0.1, 0.15) is 6.10 Å². The smallest absolute Gasteiger partial charge is 0.317 e. The van der Waals surface area contributed by atoms with Crippen LogP contribution in [0.15, 0.2) is 35.2 Å². The van der Waals surface area contributed by atoms with E-state index < -0.39 is 10.0 Å². The highest BCUT2D eigenvalue weighted by Crippen LogP contribution is 2.21. The van der Waals surface area contributed by atoms with Gasteiger partial charge < -0.3 is 14.4 Å². The molecule has 1 atom stereocenters. The number of aromatic nitrogens is 2. The molecule has 1 aromatic carbocycles. The number of morpholine rings is 1. The molecule has 1 aromatic heterocycles. The van der Waals surface area contributed by atoms with Gasteiger partial charge in [-0.15, -0.1) is 0 Å². The average Bonchev–Trinajstić information content (AvgIpc) is 2.79. The fourth-order valence-corrected chi connectivity index (χ4v) is 5.41. The lowest BCUT2D eigenvalue weighted by molar-refractivity contribution is 0.0515. The maximum atomic E-state index is 13.0. The molecule has 0 aliphatic carbocycles. The van der Waals surface area contributed by atoms with Gasteiger partial charge in [0.2, 0.25) is 10.0 Å². The number of nitrogens with zero attached hydrogens (tertiary/aromatic N) is 4. The fraction of sp³-hybridized carbons (Fsp3) is 0.500. The van der Waals surface area contributed by atoms with Crippen LogP contribution in [-0.2, 0) is 14.8 Å². The lowest BCUT2D eigenvalue weighted by Gasteiger charge is -2.32. The zero-order valence-electron chi connectivity index (χ0n) is 18.4. The number of hydrogen-bond acceptors (Lipinski definition) is 7. The standard InChI is InChI=1S/C22H28N4O5S/c1-16-14-17(2)24-22(23-16)31-19-4-3-9-25(15-19)21(27)18-5-7-20(8-6-18)32(28,29)26-10-12-30-13-11-26/h5-8,14,19H,3-4,9-13,15H2,1-2H3. The number of ether oxygens (including phenoxy) is 2. The summed E-state index contributed by atoms with van der Waals surface area (Å²) in [5, 5.41) is 0. The quantitative estimate of drug-likeness (QED) is 0.670. The first kappa shape index (κ1) is 22.6. The van der Waals surface area contributed by atoms with Crippen LogP contribution in [0.1, 0.15) is 34.6 Å². The third kappa shape index (κ3) is 5.08. The minimum Gasteiger partial charge on any atom is -0.458 e. The summed E-state index contributed by atoms with van der Waals surface area (Å²) < 4.78 is 38.2. The Morgan fingerprint density at radius 1 is 1.06 bits per heavy atom. The molecule has 0 saturated carbocycles. The monoisotopic (exact) mass is 460 g/mol. The van der Waals surface area contributed by atoms with Gasteiger partial charge in [0.25, 0.3) is 5.91 Å². The van der Waals surface area contributed by atoms with Crippen molar-refractivity contribution in [3.05, 3.63) is 47.3 Å². The highest BCUT2D eigenvalue weighted by atomic mass is 32.2. The molecule has 0 radical (unpaired) electrons. The molecule has 0 bridgehead atoms. The van der Waals surface area contributed by atoms with Crippen LogP contribution in [0.4, 0.5) is 0 Å². The second-order valence-corrected chi connectivity index (χ2v) is 10.0. The summed E-state index contributed by atoms with van der Waals surface area (Å²) in [5.74, 6) is -0.144. The molecular weight excluding hydrogens is 432 g/mol. The SMILES string of the molecule is Cc1cc(C)nc(OC2CCCN(C(=O)c3ccc(S(=O)(=O)N4CCOCC4)cc3)C2)n1. The molecule has 2 aliphatic rings. The van der Waals surface area contributed by atoms with Crippen molar-refractivity contribution in [2.75, 3.05) is 39.4 Å². The van der Waals surface area contributed by atoms with E-state index in [1.54, 1.807) is 17.0 Å². The molecule has 172 valence electrons. The molecule has 2 fully saturated rings. The van der Waals surface area contributed by atoms with Gasteiger partial charge in [-0.1, -0.05) is 0 Å². The number of piperidine rings is 1. The van der Waals surface area contributed by atoms with Gasteiger partial charge >= 0.3 is 6.01 Å². The number of aryl methyl sites for hydroxylation is 2. The van der Waals surface area contributed by atoms with Crippen molar-refractivity contribution < 1.29 is 22.7 Å². The zero-order valence-corrected chi connectivity index (χ0v) is 19.2. The molecule has 2 aromatic rings. The van der Waals surface area contributed by atoms with Crippen molar-refractivity contribution in [3.8, 4) is 6.01 Å². The second-order valence-electron chi connectivity index (χ2n) is 8.11. The second kappa shape index (κ2) is 9.51. The Hall–Kier alpha value is -2.56. The lowest BCUT2D eigenvalue weighted by atomic mass is 10.1. The number of likely N-dealkylation sites (tertiary alicyclic amines) is 1. The molecule has 0 spiro atoms. The van der Waals surface area contributed by atoms with Crippen LogP contribution in [0, 0.1) is 13.8 Å². The summed E-state index contributed by atoms with van der Waals surface area (Å²) >= 11 is 0. The van der Waals surface area contributed by atoms with E-state index in [1.165, 1.54) is 16.4 Å². The minimum atomic E-state index is -3.59. The Bertz CT molecular complexity index is 1050. The molecule has 9 nitrogen and oxygen atoms in total. The van der Waals surface area contributed by atoms with E-state index in [4.69, 9.17) is 9.47 Å². The van der Waals surface area contributed by atoms with E-state index in [9.17, 15) is 13.2 Å². The Balaban J connectivity index is 1.42. The van der Waals surface area contributed by atoms with Gasteiger partial charge in [-0.05, 0) is 57.0 Å². The summed E-state index contributed by atoms with van der Waals surface area (Å²) in [5.41, 5.74) is 2.13. The van der Waals surface area contributed by atoms with Crippen molar-refractivity contribution in [1.29, 1.82) is 0 Å². The van der Waals surface area contributed by atoms with Crippen LogP contribution < -0.4 is 4.74 Å². The average molecular weight is 461 g/mol. The van der Waals surface area contributed by atoms with Gasteiger partial charge in [0.05, 0.1) is 24.7 Å². The Labute approximate surface area is 188 Å². The first-order valence-corrected chi connectivity index (χ1v) is 12.2. The van der Waals surface area contributed by atoms with Crippen LogP contribution in [0.2, 0.25) is 0 Å². The number of amides is 1. The van der Waals surface area contributed by atoms with Crippen LogP contribution in [0.5, 0.6) is 6.01 Å². The molecular formula is C22H28N4O5S. The van der Waals surface area contributed by atoms with Crippen LogP contribution in [-0.4, -0.2) is 79.0 Å². The molecule has 10 heteroatoms. The van der Waals surface area contributed by atoms with E-state index in [0.29, 0.717) is 51.0 Å². The third-order valence-corrected chi connectivity index (χ3v) is 7.52. The highest BCUT2D eigenvalue weighted by Gasteiger charge is 2.28. The molecule has 0 N–H and O–H groups in total. The fourth-order valence-electron chi connectivity index (χ4n) is 4.00. The molecule has 2 aliphatic heterocycles. The topological polar surface area (TPSA) is 102 Å². The van der Waals surface area contributed by atoms with Crippen molar-refractivity contribution in [2.45, 2.75) is 37.7 Å². The molecule has 1 unspecified atom stereocenters. The van der Waals surface area contributed by atoms with Gasteiger partial charge in [0.15, 0.2) is 0 Å². The van der Waals surface area contributed by atoms with Crippen molar-refractivity contribution in [2.24, 2.45) is 0 Å². The number of rotatable bonds is 5. The van der Waals surface area contributed by atoms with Gasteiger partial charge in [-0.25, -0.2) is 18.4 Å². The summed E-state index contributed by atoms with van der Waals surface area (Å²) in [6.07, 6.45) is 1.44. The maximum absolute atomic E-state index is 13.0. The highest BCUT2D eigenvalue weighted by molar-refractivity contribution is 7.89. The van der Waals surface area contributed by atoms with E-state index in [1.807, 2.05) is 19.9 Å². The zero-order chi connectivity index (χ0) is 22.7. The molecule has 2 saturated heterocycles. The molecule has 3 heterocycles. The van der Waals surface area contributed by atoms with Gasteiger partial charge in [0, 0.05) is 36.6 Å². The van der Waals surface area contributed by atoms with Crippen LogP contribution >= 0.6 is 0 Å². The summed E-state index contributed by atoms with van der Waals surface area (Å²) in [4.78, 5) is 23.6. The minimum absolute atomic E-state index is 0.144. The number of hydrogen-bond donors (Lipinski definition) is 0. The molecule has 4 rings (SSSR count). The van der Waals surface area contributed by atoms with E-state index in [2.05, 4.69) is 9.97 Å². The normalized spacial score (nSPS) is 20.2. The molecule has 32 heavy (non-hydrogen) atoms. The van der Waals surface area contributed by atoms with E-state index in [0.717, 1.165) is 24.2 Å². The predicted molar refractivity (Wildman–Crippen MR) is 117 cm³/mol. The molecule has 1 amide bonds. The Kier molecular flexibility index (Phi) is 6.73. The number of carbonyl (C=O) groups excluding carboxylic acids is 1. The lowest BCUT2D eigenvalue weighted by Crippen LogP contribution is -2.44. The number of benzene rings is 1. The summed E-state index contributed by atoms with van der Waals surface area (Å²) in [6.45, 7) is 6.29. The number of carbonyl (C=O) groups is 1. The summed E-state index contributed by atoms with van der Waals surface area (Å²) in [7, 11) is -3.59. The van der Waals surface area contributed by atoms with Crippen molar-refractivity contribution in [3.63, 3.8) is 0 Å². The van der Waals surface area contributed by atoms with Crippen LogP contribution in [0.25, 0.3) is 0 Å². The maximum Gasteiger partial charge on any atom is 0.317 e. The number of sulfonamides is 1. The van der Waals surface area contributed by atoms with Crippen molar-refractivity contribution >= 4 is 15.9 Å². The van der Waals surface area contributed by atoms with E-state index in [-0.39, 0.29) is 16.9 Å². The Morgan fingerprint density at radius 3 is 2.38 bits per heavy atom. The summed E-state index contributed by atoms with van der Waals surface area (Å²) in [6, 6.07) is 8.37.